The monoisotopic (exact) mass is 300 g/mol. The molecule has 0 unspecified atom stereocenters. The van der Waals surface area contributed by atoms with Gasteiger partial charge in [0, 0.05) is 12.1 Å². The summed E-state index contributed by atoms with van der Waals surface area (Å²) in [6.07, 6.45) is 0.573. The highest BCUT2D eigenvalue weighted by Gasteiger charge is 2.45. The smallest absolute Gasteiger partial charge is 0.253 e. The zero-order chi connectivity index (χ0) is 15.8. The molecule has 2 rings (SSSR count). The summed E-state index contributed by atoms with van der Waals surface area (Å²) in [5.74, 6) is -4.62. The first kappa shape index (κ1) is 15.3. The van der Waals surface area contributed by atoms with E-state index in [0.717, 1.165) is 4.90 Å². The minimum atomic E-state index is -1.21. The van der Waals surface area contributed by atoms with E-state index in [9.17, 15) is 22.8 Å². The summed E-state index contributed by atoms with van der Waals surface area (Å²) >= 11 is 0. The van der Waals surface area contributed by atoms with Crippen LogP contribution in [-0.4, -0.2) is 23.9 Å². The first-order valence-corrected chi connectivity index (χ1v) is 6.62. The number of anilines is 1. The van der Waals surface area contributed by atoms with E-state index in [1.807, 2.05) is 0 Å². The van der Waals surface area contributed by atoms with Crippen LogP contribution in [-0.2, 0) is 9.59 Å². The number of hydrogen-bond donors (Lipinski definition) is 1. The maximum Gasteiger partial charge on any atom is 0.253 e. The van der Waals surface area contributed by atoms with Crippen LogP contribution in [0, 0.1) is 17.5 Å². The Morgan fingerprint density at radius 3 is 2.14 bits per heavy atom. The van der Waals surface area contributed by atoms with E-state index >= 15 is 0 Å². The number of nitrogens with one attached hydrogen (secondary N) is 1. The molecule has 0 atom stereocenters. The Labute approximate surface area is 119 Å². The summed E-state index contributed by atoms with van der Waals surface area (Å²) in [6, 6.07) is 0.968. The molecule has 2 amide bonds. The van der Waals surface area contributed by atoms with Crippen molar-refractivity contribution in [3.63, 3.8) is 0 Å². The lowest BCUT2D eigenvalue weighted by Crippen LogP contribution is -2.66. The maximum absolute atomic E-state index is 13.9. The Hall–Kier alpha value is -2.05. The van der Waals surface area contributed by atoms with Gasteiger partial charge >= 0.3 is 0 Å². The maximum atomic E-state index is 13.9. The van der Waals surface area contributed by atoms with E-state index in [1.54, 1.807) is 13.8 Å². The highest BCUT2D eigenvalue weighted by molar-refractivity contribution is 6.09. The predicted octanol–water partition coefficient (Wildman–Crippen LogP) is 2.13. The third kappa shape index (κ3) is 2.48. The molecule has 1 aliphatic heterocycles. The van der Waals surface area contributed by atoms with Gasteiger partial charge in [0.2, 0.25) is 5.91 Å². The SMILES string of the molecule is CCC1(CC)NC(=O)CN(c2c(F)cc(F)cc2F)C1=O. The molecular formula is C14H15F3N2O2. The second-order valence-electron chi connectivity index (χ2n) is 4.95. The average molecular weight is 300 g/mol. The average Bonchev–Trinajstić information content (AvgIpc) is 2.41. The molecule has 1 aromatic carbocycles. The normalized spacial score (nSPS) is 17.9. The van der Waals surface area contributed by atoms with Crippen molar-refractivity contribution in [2.75, 3.05) is 11.4 Å². The van der Waals surface area contributed by atoms with Gasteiger partial charge in [0.05, 0.1) is 0 Å². The van der Waals surface area contributed by atoms with Crippen LogP contribution in [0.1, 0.15) is 26.7 Å². The van der Waals surface area contributed by atoms with Crippen molar-refractivity contribution in [1.82, 2.24) is 5.32 Å². The van der Waals surface area contributed by atoms with Gasteiger partial charge in [0.1, 0.15) is 23.6 Å². The van der Waals surface area contributed by atoms with Crippen LogP contribution in [0.5, 0.6) is 0 Å². The molecule has 21 heavy (non-hydrogen) atoms. The Kier molecular flexibility index (Phi) is 3.93. The van der Waals surface area contributed by atoms with Gasteiger partial charge < -0.3 is 5.32 Å². The van der Waals surface area contributed by atoms with E-state index in [0.29, 0.717) is 12.1 Å². The Morgan fingerprint density at radius 1 is 1.14 bits per heavy atom. The molecule has 0 spiro atoms. The van der Waals surface area contributed by atoms with Gasteiger partial charge in [-0.15, -0.1) is 0 Å². The van der Waals surface area contributed by atoms with Gasteiger partial charge in [-0.05, 0) is 12.8 Å². The molecule has 1 heterocycles. The van der Waals surface area contributed by atoms with Crippen LogP contribution >= 0.6 is 0 Å². The van der Waals surface area contributed by atoms with Crippen LogP contribution in [0.25, 0.3) is 0 Å². The number of halogens is 3. The zero-order valence-electron chi connectivity index (χ0n) is 11.7. The number of hydrogen-bond acceptors (Lipinski definition) is 2. The largest absolute Gasteiger partial charge is 0.340 e. The molecule has 0 bridgehead atoms. The standard InChI is InChI=1S/C14H15F3N2O2/c1-3-14(4-2)13(21)19(7-11(20)18-14)12-9(16)5-8(15)6-10(12)17/h5-6H,3-4,7H2,1-2H3,(H,18,20). The number of piperazine rings is 1. The molecule has 0 aliphatic carbocycles. The summed E-state index contributed by atoms with van der Waals surface area (Å²) < 4.78 is 40.7. The fraction of sp³-hybridized carbons (Fsp3) is 0.429. The first-order chi connectivity index (χ1) is 9.84. The molecule has 1 saturated heterocycles. The molecule has 7 heteroatoms. The van der Waals surface area contributed by atoms with E-state index in [1.165, 1.54) is 0 Å². The lowest BCUT2D eigenvalue weighted by atomic mass is 9.88. The quantitative estimate of drug-likeness (QED) is 0.929. The summed E-state index contributed by atoms with van der Waals surface area (Å²) in [5, 5.41) is 2.58. The number of amides is 2. The van der Waals surface area contributed by atoms with Crippen molar-refractivity contribution in [3.8, 4) is 0 Å². The van der Waals surface area contributed by atoms with Gasteiger partial charge in [-0.25, -0.2) is 13.2 Å². The van der Waals surface area contributed by atoms with Gasteiger partial charge in [-0.1, -0.05) is 13.8 Å². The molecule has 114 valence electrons. The van der Waals surface area contributed by atoms with E-state index in [4.69, 9.17) is 0 Å². The lowest BCUT2D eigenvalue weighted by molar-refractivity contribution is -0.136. The van der Waals surface area contributed by atoms with Crippen molar-refractivity contribution in [2.45, 2.75) is 32.2 Å². The minimum absolute atomic E-state index is 0.287. The van der Waals surface area contributed by atoms with Crippen LogP contribution in [0.4, 0.5) is 18.9 Å². The summed E-state index contributed by atoms with van der Waals surface area (Å²) in [7, 11) is 0. The number of nitrogens with zero attached hydrogens (tertiary/aromatic N) is 1. The zero-order valence-corrected chi connectivity index (χ0v) is 11.7. The number of benzene rings is 1. The van der Waals surface area contributed by atoms with E-state index < -0.39 is 47.0 Å². The Bertz CT molecular complexity index is 577. The molecule has 1 aliphatic rings. The van der Waals surface area contributed by atoms with Crippen molar-refractivity contribution in [2.24, 2.45) is 0 Å². The van der Waals surface area contributed by atoms with Gasteiger partial charge in [0.15, 0.2) is 11.6 Å². The topological polar surface area (TPSA) is 49.4 Å². The molecular weight excluding hydrogens is 285 g/mol. The van der Waals surface area contributed by atoms with Crippen LogP contribution in [0.2, 0.25) is 0 Å². The highest BCUT2D eigenvalue weighted by Crippen LogP contribution is 2.30. The second-order valence-corrected chi connectivity index (χ2v) is 4.95. The van der Waals surface area contributed by atoms with E-state index in [2.05, 4.69) is 5.32 Å². The Morgan fingerprint density at radius 2 is 1.67 bits per heavy atom. The first-order valence-electron chi connectivity index (χ1n) is 6.62. The molecule has 0 radical (unpaired) electrons. The van der Waals surface area contributed by atoms with E-state index in [-0.39, 0.29) is 12.8 Å². The van der Waals surface area contributed by atoms with Crippen molar-refractivity contribution < 1.29 is 22.8 Å². The summed E-state index contributed by atoms with van der Waals surface area (Å²) in [4.78, 5) is 25.1. The van der Waals surface area contributed by atoms with Gasteiger partial charge in [-0.3, -0.25) is 14.5 Å². The fourth-order valence-electron chi connectivity index (χ4n) is 2.54. The van der Waals surface area contributed by atoms with Crippen LogP contribution in [0.3, 0.4) is 0 Å². The number of carbonyl (C=O) groups excluding carboxylic acids is 2. The molecule has 1 aromatic rings. The van der Waals surface area contributed by atoms with Crippen molar-refractivity contribution in [1.29, 1.82) is 0 Å². The van der Waals surface area contributed by atoms with Crippen molar-refractivity contribution in [3.05, 3.63) is 29.6 Å². The van der Waals surface area contributed by atoms with Crippen LogP contribution in [0.15, 0.2) is 12.1 Å². The highest BCUT2D eigenvalue weighted by atomic mass is 19.1. The van der Waals surface area contributed by atoms with Crippen LogP contribution < -0.4 is 10.2 Å². The number of rotatable bonds is 3. The van der Waals surface area contributed by atoms with Gasteiger partial charge in [0.25, 0.3) is 5.91 Å². The molecule has 1 fully saturated rings. The number of carbonyl (C=O) groups is 2. The Balaban J connectivity index is 2.53. The van der Waals surface area contributed by atoms with Crippen molar-refractivity contribution >= 4 is 17.5 Å². The summed E-state index contributed by atoms with van der Waals surface area (Å²) in [5.41, 5.74) is -1.88. The summed E-state index contributed by atoms with van der Waals surface area (Å²) in [6.45, 7) is 2.89. The lowest BCUT2D eigenvalue weighted by Gasteiger charge is -2.41. The molecule has 0 saturated carbocycles. The molecule has 0 aromatic heterocycles. The third-order valence-electron chi connectivity index (χ3n) is 3.79. The molecule has 1 N–H and O–H groups in total. The minimum Gasteiger partial charge on any atom is -0.340 e. The van der Waals surface area contributed by atoms with Gasteiger partial charge in [-0.2, -0.15) is 0 Å². The third-order valence-corrected chi connectivity index (χ3v) is 3.79. The predicted molar refractivity (Wildman–Crippen MR) is 70.1 cm³/mol. The molecule has 4 nitrogen and oxygen atoms in total. The second kappa shape index (κ2) is 5.38. The fourth-order valence-corrected chi connectivity index (χ4v) is 2.54.